The van der Waals surface area contributed by atoms with Crippen LogP contribution in [-0.2, 0) is 19.1 Å². The molecule has 0 saturated heterocycles. The Bertz CT molecular complexity index is 199. The van der Waals surface area contributed by atoms with Gasteiger partial charge in [0.1, 0.15) is 12.4 Å². The summed E-state index contributed by atoms with van der Waals surface area (Å²) < 4.78 is 10.1. The van der Waals surface area contributed by atoms with Gasteiger partial charge in [-0.1, -0.05) is 0 Å². The van der Waals surface area contributed by atoms with Crippen LogP contribution in [0, 0.1) is 0 Å². The summed E-state index contributed by atoms with van der Waals surface area (Å²) in [5.41, 5.74) is 0. The zero-order valence-corrected chi connectivity index (χ0v) is 9.75. The molecule has 0 spiro atoms. The molecule has 0 aromatic heterocycles. The number of ketones is 1. The normalized spacial score (nSPS) is 10.4. The molecule has 0 radical (unpaired) electrons. The van der Waals surface area contributed by atoms with Crippen LogP contribution in [0.4, 0.5) is 0 Å². The minimum Gasteiger partial charge on any atom is -0.463 e. The van der Waals surface area contributed by atoms with E-state index < -0.39 is 0 Å². The minimum atomic E-state index is -0.261. The molecule has 4 nitrogen and oxygen atoms in total. The summed E-state index contributed by atoms with van der Waals surface area (Å²) >= 11 is 0. The summed E-state index contributed by atoms with van der Waals surface area (Å²) in [7, 11) is 0. The van der Waals surface area contributed by atoms with E-state index in [4.69, 9.17) is 9.47 Å². The summed E-state index contributed by atoms with van der Waals surface area (Å²) in [4.78, 5) is 21.7. The Morgan fingerprint density at radius 1 is 1.13 bits per heavy atom. The van der Waals surface area contributed by atoms with Crippen LogP contribution >= 0.6 is 0 Å². The van der Waals surface area contributed by atoms with Crippen LogP contribution in [0.25, 0.3) is 0 Å². The topological polar surface area (TPSA) is 52.6 Å². The molecule has 0 bridgehead atoms. The SMILES string of the molecule is CC(=O)CCCC(=O)OCCOC(C)C. The molecular formula is C11H20O4. The second kappa shape index (κ2) is 8.41. The predicted molar refractivity (Wildman–Crippen MR) is 56.6 cm³/mol. The van der Waals surface area contributed by atoms with E-state index in [1.165, 1.54) is 6.92 Å². The van der Waals surface area contributed by atoms with Gasteiger partial charge in [0.2, 0.25) is 0 Å². The molecule has 4 heteroatoms. The lowest BCUT2D eigenvalue weighted by Gasteiger charge is -2.07. The van der Waals surface area contributed by atoms with Crippen LogP contribution < -0.4 is 0 Å². The van der Waals surface area contributed by atoms with Gasteiger partial charge in [0.05, 0.1) is 12.7 Å². The van der Waals surface area contributed by atoms with Gasteiger partial charge in [0.25, 0.3) is 0 Å². The Hall–Kier alpha value is -0.900. The van der Waals surface area contributed by atoms with Gasteiger partial charge in [0.15, 0.2) is 0 Å². The molecule has 0 aliphatic carbocycles. The van der Waals surface area contributed by atoms with E-state index in [0.717, 1.165) is 0 Å². The van der Waals surface area contributed by atoms with Crippen LogP contribution in [0.5, 0.6) is 0 Å². The first-order valence-corrected chi connectivity index (χ1v) is 5.29. The summed E-state index contributed by atoms with van der Waals surface area (Å²) in [6.07, 6.45) is 1.47. The maximum absolute atomic E-state index is 11.1. The summed E-state index contributed by atoms with van der Waals surface area (Å²) in [5.74, 6) is -0.158. The maximum atomic E-state index is 11.1. The fourth-order valence-corrected chi connectivity index (χ4v) is 0.993. The first kappa shape index (κ1) is 14.1. The van der Waals surface area contributed by atoms with Crippen LogP contribution in [-0.4, -0.2) is 31.1 Å². The second-order valence-corrected chi connectivity index (χ2v) is 3.70. The quantitative estimate of drug-likeness (QED) is 0.458. The molecule has 0 aliphatic heterocycles. The van der Waals surface area contributed by atoms with Crippen molar-refractivity contribution in [2.45, 2.75) is 46.1 Å². The molecule has 0 aromatic carbocycles. The number of hydrogen-bond acceptors (Lipinski definition) is 4. The monoisotopic (exact) mass is 216 g/mol. The molecule has 88 valence electrons. The third-order valence-electron chi connectivity index (χ3n) is 1.71. The van der Waals surface area contributed by atoms with Crippen LogP contribution in [0.1, 0.15) is 40.0 Å². The highest BCUT2D eigenvalue weighted by molar-refractivity contribution is 5.76. The van der Waals surface area contributed by atoms with E-state index in [1.54, 1.807) is 0 Å². The molecule has 0 amide bonds. The van der Waals surface area contributed by atoms with E-state index in [2.05, 4.69) is 0 Å². The lowest BCUT2D eigenvalue weighted by Crippen LogP contribution is -2.13. The van der Waals surface area contributed by atoms with Crippen molar-refractivity contribution in [3.8, 4) is 0 Å². The van der Waals surface area contributed by atoms with Crippen molar-refractivity contribution in [1.82, 2.24) is 0 Å². The van der Waals surface area contributed by atoms with Gasteiger partial charge in [-0.2, -0.15) is 0 Å². The van der Waals surface area contributed by atoms with Crippen molar-refractivity contribution >= 4 is 11.8 Å². The van der Waals surface area contributed by atoms with Crippen LogP contribution in [0.15, 0.2) is 0 Å². The zero-order valence-electron chi connectivity index (χ0n) is 9.75. The average molecular weight is 216 g/mol. The Kier molecular flexibility index (Phi) is 7.91. The average Bonchev–Trinajstić information content (AvgIpc) is 2.11. The third-order valence-corrected chi connectivity index (χ3v) is 1.71. The molecule has 0 atom stereocenters. The number of Topliss-reactive ketones (excluding diaryl/α,β-unsaturated/α-hetero) is 1. The summed E-state index contributed by atoms with van der Waals surface area (Å²) in [6.45, 7) is 6.08. The van der Waals surface area contributed by atoms with Gasteiger partial charge in [-0.05, 0) is 27.2 Å². The molecule has 0 rings (SSSR count). The molecular weight excluding hydrogens is 196 g/mol. The first-order valence-electron chi connectivity index (χ1n) is 5.29. The number of carbonyl (C=O) groups is 2. The van der Waals surface area contributed by atoms with E-state index in [1.807, 2.05) is 13.8 Å². The van der Waals surface area contributed by atoms with Crippen LogP contribution in [0.3, 0.4) is 0 Å². The number of hydrogen-bond donors (Lipinski definition) is 0. The molecule has 0 N–H and O–H groups in total. The molecule has 0 heterocycles. The Morgan fingerprint density at radius 2 is 1.80 bits per heavy atom. The molecule has 0 unspecified atom stereocenters. The van der Waals surface area contributed by atoms with E-state index in [0.29, 0.717) is 25.9 Å². The van der Waals surface area contributed by atoms with Gasteiger partial charge in [-0.15, -0.1) is 0 Å². The molecule has 0 fully saturated rings. The largest absolute Gasteiger partial charge is 0.463 e. The number of ether oxygens (including phenoxy) is 2. The molecule has 0 aliphatic rings. The van der Waals surface area contributed by atoms with Crippen molar-refractivity contribution < 1.29 is 19.1 Å². The minimum absolute atomic E-state index is 0.103. The van der Waals surface area contributed by atoms with Crippen molar-refractivity contribution in [3.05, 3.63) is 0 Å². The summed E-state index contributed by atoms with van der Waals surface area (Å²) in [6, 6.07) is 0. The van der Waals surface area contributed by atoms with E-state index in [-0.39, 0.29) is 24.5 Å². The molecule has 15 heavy (non-hydrogen) atoms. The fraction of sp³-hybridized carbons (Fsp3) is 0.818. The lowest BCUT2D eigenvalue weighted by atomic mass is 10.2. The standard InChI is InChI=1S/C11H20O4/c1-9(2)14-7-8-15-11(13)6-4-5-10(3)12/h9H,4-8H2,1-3H3. The first-order chi connectivity index (χ1) is 7.02. The van der Waals surface area contributed by atoms with Crippen molar-refractivity contribution in [1.29, 1.82) is 0 Å². The van der Waals surface area contributed by atoms with Crippen LogP contribution in [0.2, 0.25) is 0 Å². The third kappa shape index (κ3) is 11.0. The van der Waals surface area contributed by atoms with E-state index >= 15 is 0 Å². The van der Waals surface area contributed by atoms with Gasteiger partial charge < -0.3 is 14.3 Å². The highest BCUT2D eigenvalue weighted by Crippen LogP contribution is 1.98. The van der Waals surface area contributed by atoms with Gasteiger partial charge in [0, 0.05) is 12.8 Å². The van der Waals surface area contributed by atoms with Crippen molar-refractivity contribution in [3.63, 3.8) is 0 Å². The fourth-order valence-electron chi connectivity index (χ4n) is 0.993. The maximum Gasteiger partial charge on any atom is 0.305 e. The Balaban J connectivity index is 3.30. The van der Waals surface area contributed by atoms with Gasteiger partial charge in [-0.3, -0.25) is 4.79 Å². The van der Waals surface area contributed by atoms with E-state index in [9.17, 15) is 9.59 Å². The number of esters is 1. The number of carbonyl (C=O) groups excluding carboxylic acids is 2. The molecule has 0 saturated carbocycles. The van der Waals surface area contributed by atoms with Crippen molar-refractivity contribution in [2.24, 2.45) is 0 Å². The highest BCUT2D eigenvalue weighted by atomic mass is 16.6. The second-order valence-electron chi connectivity index (χ2n) is 3.70. The Morgan fingerprint density at radius 3 is 2.33 bits per heavy atom. The van der Waals surface area contributed by atoms with Gasteiger partial charge in [-0.25, -0.2) is 0 Å². The zero-order chi connectivity index (χ0) is 11.7. The Labute approximate surface area is 90.9 Å². The summed E-state index contributed by atoms with van der Waals surface area (Å²) in [5, 5.41) is 0. The lowest BCUT2D eigenvalue weighted by molar-refractivity contribution is -0.145. The van der Waals surface area contributed by atoms with Crippen molar-refractivity contribution in [2.75, 3.05) is 13.2 Å². The smallest absolute Gasteiger partial charge is 0.305 e. The number of rotatable bonds is 8. The van der Waals surface area contributed by atoms with Gasteiger partial charge >= 0.3 is 5.97 Å². The predicted octanol–water partition coefficient (Wildman–Crippen LogP) is 1.71. The highest BCUT2D eigenvalue weighted by Gasteiger charge is 2.03. The molecule has 0 aromatic rings.